The molecule has 0 radical (unpaired) electrons. The van der Waals surface area contributed by atoms with E-state index in [1.807, 2.05) is 36.7 Å². The normalized spacial score (nSPS) is 10.1. The van der Waals surface area contributed by atoms with E-state index in [1.54, 1.807) is 13.3 Å². The Kier molecular flexibility index (Phi) is 3.33. The molecule has 2 rings (SSSR count). The topological polar surface area (TPSA) is 50.8 Å². The summed E-state index contributed by atoms with van der Waals surface area (Å²) in [5.41, 5.74) is 3.00. The molecule has 18 heavy (non-hydrogen) atoms. The van der Waals surface area contributed by atoms with Gasteiger partial charge in [0, 0.05) is 13.2 Å². The molecule has 1 aromatic carbocycles. The average Bonchev–Trinajstić information content (AvgIpc) is 2.72. The molecule has 1 heterocycles. The van der Waals surface area contributed by atoms with Crippen LogP contribution in [0.4, 0.5) is 0 Å². The fourth-order valence-electron chi connectivity index (χ4n) is 1.94. The fraction of sp³-hybridized carbons (Fsp3) is 0.286. The van der Waals surface area contributed by atoms with Crippen molar-refractivity contribution in [3.05, 3.63) is 35.7 Å². The van der Waals surface area contributed by atoms with Gasteiger partial charge in [0.25, 0.3) is 0 Å². The van der Waals surface area contributed by atoms with Crippen LogP contribution >= 0.6 is 0 Å². The van der Waals surface area contributed by atoms with Crippen LogP contribution < -0.4 is 4.74 Å². The van der Waals surface area contributed by atoms with Gasteiger partial charge in [0.15, 0.2) is 0 Å². The lowest BCUT2D eigenvalue weighted by Crippen LogP contribution is -1.99. The van der Waals surface area contributed by atoms with Gasteiger partial charge in [-0.15, -0.1) is 0 Å². The SMILES string of the molecule is COc1ccc(C)cc1-c1ncc(CC#N)n1C. The molecule has 0 bridgehead atoms. The summed E-state index contributed by atoms with van der Waals surface area (Å²) < 4.78 is 7.29. The Morgan fingerprint density at radius 1 is 1.44 bits per heavy atom. The van der Waals surface area contributed by atoms with Crippen LogP contribution in [0.25, 0.3) is 11.4 Å². The van der Waals surface area contributed by atoms with Crippen LogP contribution in [0.2, 0.25) is 0 Å². The maximum Gasteiger partial charge on any atom is 0.143 e. The Morgan fingerprint density at radius 2 is 2.22 bits per heavy atom. The zero-order valence-corrected chi connectivity index (χ0v) is 10.8. The lowest BCUT2D eigenvalue weighted by molar-refractivity contribution is 0.416. The molecule has 0 fully saturated rings. The Labute approximate surface area is 106 Å². The summed E-state index contributed by atoms with van der Waals surface area (Å²) in [5.74, 6) is 1.61. The van der Waals surface area contributed by atoms with Crippen molar-refractivity contribution in [2.24, 2.45) is 7.05 Å². The number of methoxy groups -OCH3 is 1. The molecule has 0 atom stereocenters. The number of rotatable bonds is 3. The molecule has 2 aromatic rings. The quantitative estimate of drug-likeness (QED) is 0.829. The van der Waals surface area contributed by atoms with E-state index < -0.39 is 0 Å². The summed E-state index contributed by atoms with van der Waals surface area (Å²) in [6.07, 6.45) is 2.10. The van der Waals surface area contributed by atoms with Crippen molar-refractivity contribution in [1.82, 2.24) is 9.55 Å². The summed E-state index contributed by atoms with van der Waals surface area (Å²) in [6, 6.07) is 8.11. The molecule has 4 heteroatoms. The Hall–Kier alpha value is -2.28. The molecule has 0 saturated carbocycles. The Balaban J connectivity index is 2.55. The van der Waals surface area contributed by atoms with E-state index in [0.717, 1.165) is 28.4 Å². The number of aryl methyl sites for hydroxylation is 1. The molecule has 0 aliphatic heterocycles. The third kappa shape index (κ3) is 2.07. The first-order chi connectivity index (χ1) is 8.67. The van der Waals surface area contributed by atoms with Gasteiger partial charge in [-0.25, -0.2) is 4.98 Å². The minimum Gasteiger partial charge on any atom is -0.496 e. The number of hydrogen-bond donors (Lipinski definition) is 0. The van der Waals surface area contributed by atoms with Crippen molar-refractivity contribution >= 4 is 0 Å². The number of nitrogens with zero attached hydrogens (tertiary/aromatic N) is 3. The molecule has 0 amide bonds. The standard InChI is InChI=1S/C14H15N3O/c1-10-4-5-13(18-3)12(8-10)14-16-9-11(6-7-15)17(14)2/h4-5,8-9H,6H2,1-3H3. The average molecular weight is 241 g/mol. The van der Waals surface area contributed by atoms with E-state index in [1.165, 1.54) is 0 Å². The summed E-state index contributed by atoms with van der Waals surface area (Å²) in [7, 11) is 3.56. The highest BCUT2D eigenvalue weighted by Crippen LogP contribution is 2.30. The minimum atomic E-state index is 0.359. The van der Waals surface area contributed by atoms with Crippen LogP contribution in [0.1, 0.15) is 11.3 Å². The third-order valence-corrected chi connectivity index (χ3v) is 2.94. The molecular weight excluding hydrogens is 226 g/mol. The third-order valence-electron chi connectivity index (χ3n) is 2.94. The maximum absolute atomic E-state index is 8.75. The van der Waals surface area contributed by atoms with Crippen LogP contribution in [0.15, 0.2) is 24.4 Å². The zero-order chi connectivity index (χ0) is 13.1. The van der Waals surface area contributed by atoms with Crippen LogP contribution in [0, 0.1) is 18.3 Å². The zero-order valence-electron chi connectivity index (χ0n) is 10.8. The van der Waals surface area contributed by atoms with Gasteiger partial charge < -0.3 is 9.30 Å². The monoisotopic (exact) mass is 241 g/mol. The van der Waals surface area contributed by atoms with Crippen molar-refractivity contribution in [1.29, 1.82) is 5.26 Å². The molecule has 1 aromatic heterocycles. The van der Waals surface area contributed by atoms with Crippen molar-refractivity contribution in [2.75, 3.05) is 7.11 Å². The molecule has 4 nitrogen and oxygen atoms in total. The Morgan fingerprint density at radius 3 is 2.89 bits per heavy atom. The van der Waals surface area contributed by atoms with Gasteiger partial charge in [-0.05, 0) is 19.1 Å². The van der Waals surface area contributed by atoms with E-state index in [0.29, 0.717) is 6.42 Å². The molecule has 0 unspecified atom stereocenters. The minimum absolute atomic E-state index is 0.359. The molecule has 0 N–H and O–H groups in total. The van der Waals surface area contributed by atoms with Crippen molar-refractivity contribution in [3.8, 4) is 23.2 Å². The van der Waals surface area contributed by atoms with E-state index in [-0.39, 0.29) is 0 Å². The van der Waals surface area contributed by atoms with E-state index in [4.69, 9.17) is 10.00 Å². The number of hydrogen-bond acceptors (Lipinski definition) is 3. The van der Waals surface area contributed by atoms with Crippen molar-refractivity contribution in [3.63, 3.8) is 0 Å². The van der Waals surface area contributed by atoms with Gasteiger partial charge >= 0.3 is 0 Å². The molecule has 0 aliphatic rings. The molecular formula is C14H15N3O. The van der Waals surface area contributed by atoms with Gasteiger partial charge in [0.2, 0.25) is 0 Å². The lowest BCUT2D eigenvalue weighted by Gasteiger charge is -2.10. The van der Waals surface area contributed by atoms with Crippen molar-refractivity contribution < 1.29 is 4.74 Å². The first-order valence-electron chi connectivity index (χ1n) is 5.70. The number of aromatic nitrogens is 2. The summed E-state index contributed by atoms with van der Waals surface area (Å²) in [6.45, 7) is 2.03. The molecule has 92 valence electrons. The van der Waals surface area contributed by atoms with Gasteiger partial charge in [-0.3, -0.25) is 0 Å². The second kappa shape index (κ2) is 4.92. The van der Waals surface area contributed by atoms with Crippen LogP contribution in [-0.4, -0.2) is 16.7 Å². The number of nitriles is 1. The second-order valence-electron chi connectivity index (χ2n) is 4.17. The molecule has 0 spiro atoms. The van der Waals surface area contributed by atoms with Gasteiger partial charge in [0.05, 0.1) is 30.9 Å². The second-order valence-corrected chi connectivity index (χ2v) is 4.17. The first kappa shape index (κ1) is 12.2. The van der Waals surface area contributed by atoms with Gasteiger partial charge in [0.1, 0.15) is 11.6 Å². The van der Waals surface area contributed by atoms with E-state index in [2.05, 4.69) is 11.1 Å². The van der Waals surface area contributed by atoms with Crippen LogP contribution in [0.3, 0.4) is 0 Å². The van der Waals surface area contributed by atoms with Crippen LogP contribution in [-0.2, 0) is 13.5 Å². The van der Waals surface area contributed by atoms with Crippen molar-refractivity contribution in [2.45, 2.75) is 13.3 Å². The smallest absolute Gasteiger partial charge is 0.143 e. The predicted octanol–water partition coefficient (Wildman–Crippen LogP) is 2.47. The number of imidazole rings is 1. The highest BCUT2D eigenvalue weighted by molar-refractivity contribution is 5.66. The van der Waals surface area contributed by atoms with E-state index >= 15 is 0 Å². The predicted molar refractivity (Wildman–Crippen MR) is 69.3 cm³/mol. The highest BCUT2D eigenvalue weighted by atomic mass is 16.5. The number of benzene rings is 1. The fourth-order valence-corrected chi connectivity index (χ4v) is 1.94. The number of ether oxygens (including phenoxy) is 1. The van der Waals surface area contributed by atoms with E-state index in [9.17, 15) is 0 Å². The van der Waals surface area contributed by atoms with Crippen LogP contribution in [0.5, 0.6) is 5.75 Å². The summed E-state index contributed by atoms with van der Waals surface area (Å²) in [5, 5.41) is 8.75. The van der Waals surface area contributed by atoms with Gasteiger partial charge in [-0.1, -0.05) is 11.6 Å². The molecule has 0 aliphatic carbocycles. The molecule has 0 saturated heterocycles. The Bertz CT molecular complexity index is 608. The lowest BCUT2D eigenvalue weighted by atomic mass is 10.1. The first-order valence-corrected chi connectivity index (χ1v) is 5.70. The maximum atomic E-state index is 8.75. The highest BCUT2D eigenvalue weighted by Gasteiger charge is 2.13. The summed E-state index contributed by atoms with van der Waals surface area (Å²) in [4.78, 5) is 4.39. The van der Waals surface area contributed by atoms with Gasteiger partial charge in [-0.2, -0.15) is 5.26 Å². The summed E-state index contributed by atoms with van der Waals surface area (Å²) >= 11 is 0. The largest absolute Gasteiger partial charge is 0.496 e.